The fraction of sp³-hybridized carbons (Fsp3) is 0.727. The molecule has 1 aliphatic carbocycles. The van der Waals surface area contributed by atoms with Crippen molar-refractivity contribution in [3.63, 3.8) is 0 Å². The standard InChI is InChI=1S/C20H31N.C2H6/c1-4-15-12-20(16-7-6-10-21-13-16)18-9-5-8-17(18)19(15)11-14(2)3;1-2/h12,14,16,21H,4-11,13H2,1-3H3;1-2H3. The summed E-state index contributed by atoms with van der Waals surface area (Å²) >= 11 is 0. The Morgan fingerprint density at radius 1 is 1.13 bits per heavy atom. The predicted octanol–water partition coefficient (Wildman–Crippen LogP) is 5.43. The molecule has 0 saturated carbocycles. The second-order valence-corrected chi connectivity index (χ2v) is 7.41. The molecule has 0 bridgehead atoms. The molecular formula is C22H37N. The van der Waals surface area contributed by atoms with Crippen LogP contribution >= 0.6 is 0 Å². The van der Waals surface area contributed by atoms with E-state index in [-0.39, 0.29) is 0 Å². The van der Waals surface area contributed by atoms with Gasteiger partial charge in [0.2, 0.25) is 0 Å². The second-order valence-electron chi connectivity index (χ2n) is 7.41. The number of benzene rings is 1. The summed E-state index contributed by atoms with van der Waals surface area (Å²) in [6, 6.07) is 2.60. The molecule has 1 heteroatoms. The molecule has 1 fully saturated rings. The lowest BCUT2D eigenvalue weighted by molar-refractivity contribution is 0.459. The molecule has 130 valence electrons. The van der Waals surface area contributed by atoms with E-state index in [0.717, 1.165) is 11.8 Å². The number of hydrogen-bond acceptors (Lipinski definition) is 1. The quantitative estimate of drug-likeness (QED) is 0.781. The van der Waals surface area contributed by atoms with Gasteiger partial charge in [0.15, 0.2) is 0 Å². The number of aryl methyl sites for hydroxylation is 1. The fourth-order valence-corrected chi connectivity index (χ4v) is 4.41. The predicted molar refractivity (Wildman–Crippen MR) is 103 cm³/mol. The number of hydrogen-bond donors (Lipinski definition) is 1. The van der Waals surface area contributed by atoms with E-state index in [4.69, 9.17) is 0 Å². The Morgan fingerprint density at radius 3 is 2.48 bits per heavy atom. The lowest BCUT2D eigenvalue weighted by Crippen LogP contribution is -2.29. The van der Waals surface area contributed by atoms with E-state index in [0.29, 0.717) is 0 Å². The maximum atomic E-state index is 3.61. The van der Waals surface area contributed by atoms with Crippen molar-refractivity contribution in [3.8, 4) is 0 Å². The molecule has 1 aromatic rings. The lowest BCUT2D eigenvalue weighted by atomic mass is 9.81. The van der Waals surface area contributed by atoms with Crippen LogP contribution in [0.2, 0.25) is 0 Å². The summed E-state index contributed by atoms with van der Waals surface area (Å²) in [7, 11) is 0. The van der Waals surface area contributed by atoms with Gasteiger partial charge in [-0.2, -0.15) is 0 Å². The van der Waals surface area contributed by atoms with Gasteiger partial charge in [0, 0.05) is 6.54 Å². The second kappa shape index (κ2) is 8.87. The van der Waals surface area contributed by atoms with Crippen LogP contribution in [0, 0.1) is 5.92 Å². The minimum Gasteiger partial charge on any atom is -0.316 e. The van der Waals surface area contributed by atoms with E-state index in [1.807, 2.05) is 13.8 Å². The molecular weight excluding hydrogens is 278 g/mol. The number of nitrogens with one attached hydrogen (secondary N) is 1. The molecule has 0 amide bonds. The van der Waals surface area contributed by atoms with Crippen molar-refractivity contribution in [1.29, 1.82) is 0 Å². The smallest absolute Gasteiger partial charge is 0.00202 e. The highest BCUT2D eigenvalue weighted by molar-refractivity contribution is 5.50. The molecule has 3 rings (SSSR count). The molecule has 1 atom stereocenters. The highest BCUT2D eigenvalue weighted by Gasteiger charge is 2.26. The van der Waals surface area contributed by atoms with Gasteiger partial charge < -0.3 is 5.32 Å². The molecule has 1 unspecified atom stereocenters. The van der Waals surface area contributed by atoms with Crippen LogP contribution in [0.4, 0.5) is 0 Å². The van der Waals surface area contributed by atoms with Crippen molar-refractivity contribution in [2.75, 3.05) is 13.1 Å². The highest BCUT2D eigenvalue weighted by Crippen LogP contribution is 2.38. The summed E-state index contributed by atoms with van der Waals surface area (Å²) in [6.45, 7) is 13.5. The molecule has 1 heterocycles. The molecule has 1 aliphatic heterocycles. The lowest BCUT2D eigenvalue weighted by Gasteiger charge is -2.27. The average Bonchev–Trinajstić information content (AvgIpc) is 3.07. The zero-order chi connectivity index (χ0) is 16.8. The number of fused-ring (bicyclic) bond motifs is 1. The third-order valence-electron chi connectivity index (χ3n) is 5.38. The first-order chi connectivity index (χ1) is 11.2. The number of piperidine rings is 1. The van der Waals surface area contributed by atoms with Crippen LogP contribution in [-0.4, -0.2) is 13.1 Å². The van der Waals surface area contributed by atoms with Crippen molar-refractivity contribution < 1.29 is 0 Å². The van der Waals surface area contributed by atoms with Crippen molar-refractivity contribution in [3.05, 3.63) is 33.9 Å². The molecule has 1 aromatic carbocycles. The molecule has 0 aromatic heterocycles. The van der Waals surface area contributed by atoms with Crippen LogP contribution in [0.5, 0.6) is 0 Å². The Kier molecular flexibility index (Phi) is 7.14. The first-order valence-electron chi connectivity index (χ1n) is 10.1. The zero-order valence-corrected chi connectivity index (χ0v) is 16.1. The van der Waals surface area contributed by atoms with E-state index < -0.39 is 0 Å². The van der Waals surface area contributed by atoms with E-state index in [1.165, 1.54) is 58.0 Å². The minimum atomic E-state index is 0.766. The van der Waals surface area contributed by atoms with Gasteiger partial charge in [0.1, 0.15) is 0 Å². The summed E-state index contributed by atoms with van der Waals surface area (Å²) in [5.74, 6) is 1.53. The molecule has 0 radical (unpaired) electrons. The van der Waals surface area contributed by atoms with Crippen molar-refractivity contribution in [2.24, 2.45) is 5.92 Å². The van der Waals surface area contributed by atoms with E-state index in [2.05, 4.69) is 32.2 Å². The normalized spacial score (nSPS) is 20.2. The van der Waals surface area contributed by atoms with Crippen LogP contribution < -0.4 is 5.32 Å². The molecule has 2 aliphatic rings. The third kappa shape index (κ3) is 4.18. The monoisotopic (exact) mass is 315 g/mol. The van der Waals surface area contributed by atoms with Gasteiger partial charge in [-0.15, -0.1) is 0 Å². The molecule has 0 spiro atoms. The van der Waals surface area contributed by atoms with Crippen molar-refractivity contribution >= 4 is 0 Å². The Morgan fingerprint density at radius 2 is 1.87 bits per heavy atom. The van der Waals surface area contributed by atoms with Gasteiger partial charge >= 0.3 is 0 Å². The Balaban J connectivity index is 0.000000924. The Hall–Kier alpha value is -0.820. The van der Waals surface area contributed by atoms with Gasteiger partial charge in [0.05, 0.1) is 0 Å². The van der Waals surface area contributed by atoms with Crippen LogP contribution in [0.1, 0.15) is 87.6 Å². The maximum Gasteiger partial charge on any atom is 0.00202 e. The fourth-order valence-electron chi connectivity index (χ4n) is 4.41. The van der Waals surface area contributed by atoms with Crippen molar-refractivity contribution in [2.45, 2.75) is 85.5 Å². The topological polar surface area (TPSA) is 12.0 Å². The largest absolute Gasteiger partial charge is 0.316 e. The van der Waals surface area contributed by atoms with Gasteiger partial charge in [-0.1, -0.05) is 40.7 Å². The van der Waals surface area contributed by atoms with E-state index >= 15 is 0 Å². The summed E-state index contributed by atoms with van der Waals surface area (Å²) in [6.07, 6.45) is 9.23. The van der Waals surface area contributed by atoms with Crippen LogP contribution in [0.3, 0.4) is 0 Å². The van der Waals surface area contributed by atoms with Gasteiger partial charge in [-0.25, -0.2) is 0 Å². The summed E-state index contributed by atoms with van der Waals surface area (Å²) in [5.41, 5.74) is 8.57. The van der Waals surface area contributed by atoms with Gasteiger partial charge in [-0.05, 0) is 91.1 Å². The van der Waals surface area contributed by atoms with E-state index in [9.17, 15) is 0 Å². The summed E-state index contributed by atoms with van der Waals surface area (Å²) in [4.78, 5) is 0. The van der Waals surface area contributed by atoms with Crippen LogP contribution in [0.25, 0.3) is 0 Å². The van der Waals surface area contributed by atoms with Crippen LogP contribution in [-0.2, 0) is 25.7 Å². The third-order valence-corrected chi connectivity index (χ3v) is 5.38. The molecule has 23 heavy (non-hydrogen) atoms. The Bertz CT molecular complexity index is 495. The first kappa shape index (κ1) is 18.5. The minimum absolute atomic E-state index is 0.766. The summed E-state index contributed by atoms with van der Waals surface area (Å²) in [5, 5.41) is 3.61. The van der Waals surface area contributed by atoms with Gasteiger partial charge in [-0.3, -0.25) is 0 Å². The summed E-state index contributed by atoms with van der Waals surface area (Å²) < 4.78 is 0. The highest BCUT2D eigenvalue weighted by atomic mass is 14.9. The van der Waals surface area contributed by atoms with E-state index in [1.54, 1.807) is 27.8 Å². The van der Waals surface area contributed by atoms with Crippen LogP contribution in [0.15, 0.2) is 6.07 Å². The average molecular weight is 316 g/mol. The Labute approximate surface area is 144 Å². The SMILES string of the molecule is CC.CCc1cc(C2CCCNC2)c2c(c1CC(C)C)CCC2. The molecule has 1 saturated heterocycles. The number of rotatable bonds is 4. The zero-order valence-electron chi connectivity index (χ0n) is 16.1. The molecule has 1 N–H and O–H groups in total. The molecule has 1 nitrogen and oxygen atoms in total. The van der Waals surface area contributed by atoms with Gasteiger partial charge in [0.25, 0.3) is 0 Å². The maximum absolute atomic E-state index is 3.61. The van der Waals surface area contributed by atoms with Crippen molar-refractivity contribution in [1.82, 2.24) is 5.32 Å². The first-order valence-corrected chi connectivity index (χ1v) is 10.1.